The fraction of sp³-hybridized carbons (Fsp3) is 0.455. The van der Waals surface area contributed by atoms with Crippen molar-refractivity contribution in [2.45, 2.75) is 18.1 Å². The number of rotatable bonds is 5. The van der Waals surface area contributed by atoms with E-state index in [1.807, 2.05) is 19.1 Å². The van der Waals surface area contributed by atoms with Crippen LogP contribution in [0.4, 0.5) is 5.69 Å². The minimum absolute atomic E-state index is 0.171. The number of thioether (sulfide) groups is 1. The van der Waals surface area contributed by atoms with Crippen molar-refractivity contribution in [2.75, 3.05) is 25.7 Å². The van der Waals surface area contributed by atoms with Crippen molar-refractivity contribution in [3.05, 3.63) is 23.8 Å². The van der Waals surface area contributed by atoms with Gasteiger partial charge in [-0.1, -0.05) is 6.07 Å². The number of nitrogens with two attached hydrogens (primary N) is 1. The van der Waals surface area contributed by atoms with Gasteiger partial charge in [-0.3, -0.25) is 0 Å². The number of hydrogen-bond acceptors (Lipinski definition) is 4. The largest absolute Gasteiger partial charge is 0.398 e. The van der Waals surface area contributed by atoms with Crippen LogP contribution < -0.4 is 5.73 Å². The summed E-state index contributed by atoms with van der Waals surface area (Å²) in [5, 5.41) is 0. The SMILES string of the molecule is COC(CSc1cccc(N)c1C)OC. The molecule has 0 heterocycles. The number of benzene rings is 1. The molecule has 1 aromatic rings. The van der Waals surface area contributed by atoms with Gasteiger partial charge in [-0.25, -0.2) is 0 Å². The molecular weight excluding hydrogens is 210 g/mol. The molecule has 1 aromatic carbocycles. The topological polar surface area (TPSA) is 44.5 Å². The number of anilines is 1. The Hall–Kier alpha value is -0.710. The van der Waals surface area contributed by atoms with Gasteiger partial charge in [0.1, 0.15) is 0 Å². The third-order valence-corrected chi connectivity index (χ3v) is 3.42. The average molecular weight is 227 g/mol. The fourth-order valence-electron chi connectivity index (χ4n) is 1.18. The van der Waals surface area contributed by atoms with Crippen molar-refractivity contribution in [3.8, 4) is 0 Å². The maximum atomic E-state index is 5.82. The van der Waals surface area contributed by atoms with Gasteiger partial charge in [-0.2, -0.15) is 0 Å². The zero-order valence-electron chi connectivity index (χ0n) is 9.32. The fourth-order valence-corrected chi connectivity index (χ4v) is 2.27. The van der Waals surface area contributed by atoms with Gasteiger partial charge in [0.05, 0.1) is 0 Å². The van der Waals surface area contributed by atoms with E-state index in [0.717, 1.165) is 17.0 Å². The molecule has 0 aliphatic carbocycles. The molecule has 2 N–H and O–H groups in total. The van der Waals surface area contributed by atoms with Gasteiger partial charge in [0, 0.05) is 30.6 Å². The number of ether oxygens (including phenoxy) is 2. The Morgan fingerprint density at radius 1 is 1.33 bits per heavy atom. The second kappa shape index (κ2) is 6.00. The molecule has 3 nitrogen and oxygen atoms in total. The zero-order valence-corrected chi connectivity index (χ0v) is 10.1. The standard InChI is InChI=1S/C11H17NO2S/c1-8-9(12)5-4-6-10(8)15-7-11(13-2)14-3/h4-6,11H,7,12H2,1-3H3. The number of hydrogen-bond donors (Lipinski definition) is 1. The third-order valence-electron chi connectivity index (χ3n) is 2.23. The lowest BCUT2D eigenvalue weighted by Gasteiger charge is -2.14. The summed E-state index contributed by atoms with van der Waals surface area (Å²) in [7, 11) is 3.28. The summed E-state index contributed by atoms with van der Waals surface area (Å²) in [5.74, 6) is 0.761. The van der Waals surface area contributed by atoms with Crippen LogP contribution in [0.3, 0.4) is 0 Å². The quantitative estimate of drug-likeness (QED) is 0.476. The monoisotopic (exact) mass is 227 g/mol. The molecule has 0 amide bonds. The summed E-state index contributed by atoms with van der Waals surface area (Å²) in [6, 6.07) is 5.92. The van der Waals surface area contributed by atoms with Gasteiger partial charge in [0.25, 0.3) is 0 Å². The molecule has 0 saturated carbocycles. The van der Waals surface area contributed by atoms with Crippen molar-refractivity contribution >= 4 is 17.4 Å². The van der Waals surface area contributed by atoms with Crippen molar-refractivity contribution in [3.63, 3.8) is 0 Å². The maximum Gasteiger partial charge on any atom is 0.166 e. The van der Waals surface area contributed by atoms with E-state index in [-0.39, 0.29) is 6.29 Å². The van der Waals surface area contributed by atoms with Crippen LogP contribution in [0.5, 0.6) is 0 Å². The Morgan fingerprint density at radius 2 is 2.00 bits per heavy atom. The van der Waals surface area contributed by atoms with Gasteiger partial charge in [0.15, 0.2) is 6.29 Å². The van der Waals surface area contributed by atoms with Crippen LogP contribution in [-0.4, -0.2) is 26.3 Å². The van der Waals surface area contributed by atoms with Crippen molar-refractivity contribution in [2.24, 2.45) is 0 Å². The summed E-state index contributed by atoms with van der Waals surface area (Å²) < 4.78 is 10.2. The summed E-state index contributed by atoms with van der Waals surface area (Å²) in [6.07, 6.45) is -0.171. The highest BCUT2D eigenvalue weighted by Crippen LogP contribution is 2.26. The van der Waals surface area contributed by atoms with Crippen LogP contribution >= 0.6 is 11.8 Å². The van der Waals surface area contributed by atoms with Crippen LogP contribution in [0.15, 0.2) is 23.1 Å². The van der Waals surface area contributed by atoms with Crippen molar-refractivity contribution < 1.29 is 9.47 Å². The second-order valence-electron chi connectivity index (χ2n) is 3.18. The normalized spacial score (nSPS) is 10.9. The first-order valence-electron chi connectivity index (χ1n) is 4.72. The molecule has 0 aliphatic rings. The molecule has 0 saturated heterocycles. The number of nitrogen functional groups attached to an aromatic ring is 1. The maximum absolute atomic E-state index is 5.82. The van der Waals surface area contributed by atoms with Crippen LogP contribution in [-0.2, 0) is 9.47 Å². The summed E-state index contributed by atoms with van der Waals surface area (Å²) >= 11 is 1.69. The predicted molar refractivity (Wildman–Crippen MR) is 64.1 cm³/mol. The molecular formula is C11H17NO2S. The minimum atomic E-state index is -0.171. The van der Waals surface area contributed by atoms with Crippen LogP contribution in [0, 0.1) is 6.92 Å². The molecule has 0 atom stereocenters. The van der Waals surface area contributed by atoms with Crippen LogP contribution in [0.2, 0.25) is 0 Å². The zero-order chi connectivity index (χ0) is 11.3. The Morgan fingerprint density at radius 3 is 2.60 bits per heavy atom. The van der Waals surface area contributed by atoms with E-state index in [0.29, 0.717) is 0 Å². The Labute approximate surface area is 94.9 Å². The van der Waals surface area contributed by atoms with E-state index in [1.54, 1.807) is 26.0 Å². The summed E-state index contributed by atoms with van der Waals surface area (Å²) in [6.45, 7) is 2.02. The van der Waals surface area contributed by atoms with E-state index in [9.17, 15) is 0 Å². The molecule has 15 heavy (non-hydrogen) atoms. The molecule has 0 bridgehead atoms. The molecule has 0 fully saturated rings. The summed E-state index contributed by atoms with van der Waals surface area (Å²) in [4.78, 5) is 1.18. The lowest BCUT2D eigenvalue weighted by molar-refractivity contribution is -0.0842. The highest BCUT2D eigenvalue weighted by molar-refractivity contribution is 7.99. The Kier molecular flexibility index (Phi) is 4.94. The average Bonchev–Trinajstić information content (AvgIpc) is 2.25. The van der Waals surface area contributed by atoms with Crippen LogP contribution in [0.1, 0.15) is 5.56 Å². The van der Waals surface area contributed by atoms with Gasteiger partial charge in [-0.15, -0.1) is 11.8 Å². The van der Waals surface area contributed by atoms with Gasteiger partial charge < -0.3 is 15.2 Å². The first kappa shape index (κ1) is 12.4. The first-order valence-corrected chi connectivity index (χ1v) is 5.71. The molecule has 0 radical (unpaired) electrons. The van der Waals surface area contributed by atoms with E-state index in [2.05, 4.69) is 6.07 Å². The third kappa shape index (κ3) is 3.41. The molecule has 0 aromatic heterocycles. The van der Waals surface area contributed by atoms with Crippen molar-refractivity contribution in [1.29, 1.82) is 0 Å². The molecule has 84 valence electrons. The predicted octanol–water partition coefficient (Wildman–Crippen LogP) is 2.29. The first-order chi connectivity index (χ1) is 7.19. The van der Waals surface area contributed by atoms with Gasteiger partial charge in [-0.05, 0) is 24.6 Å². The van der Waals surface area contributed by atoms with Crippen molar-refractivity contribution in [1.82, 2.24) is 0 Å². The molecule has 1 rings (SSSR count). The van der Waals surface area contributed by atoms with Gasteiger partial charge >= 0.3 is 0 Å². The van der Waals surface area contributed by atoms with Gasteiger partial charge in [0.2, 0.25) is 0 Å². The van der Waals surface area contributed by atoms with E-state index in [1.165, 1.54) is 4.90 Å². The second-order valence-corrected chi connectivity index (χ2v) is 4.24. The van der Waals surface area contributed by atoms with E-state index < -0.39 is 0 Å². The summed E-state index contributed by atoms with van der Waals surface area (Å²) in [5.41, 5.74) is 7.76. The molecule has 0 aliphatic heterocycles. The smallest absolute Gasteiger partial charge is 0.166 e. The highest BCUT2D eigenvalue weighted by atomic mass is 32.2. The van der Waals surface area contributed by atoms with E-state index >= 15 is 0 Å². The number of methoxy groups -OCH3 is 2. The molecule has 0 unspecified atom stereocenters. The molecule has 4 heteroatoms. The van der Waals surface area contributed by atoms with E-state index in [4.69, 9.17) is 15.2 Å². The molecule has 0 spiro atoms. The Balaban J connectivity index is 2.61. The Bertz CT molecular complexity index is 313. The van der Waals surface area contributed by atoms with Crippen LogP contribution in [0.25, 0.3) is 0 Å². The lowest BCUT2D eigenvalue weighted by atomic mass is 10.2. The lowest BCUT2D eigenvalue weighted by Crippen LogP contribution is -2.15. The minimum Gasteiger partial charge on any atom is -0.398 e. The highest BCUT2D eigenvalue weighted by Gasteiger charge is 2.08.